The Labute approximate surface area is 146 Å². The van der Waals surface area contributed by atoms with E-state index in [1.165, 1.54) is 0 Å². The molecule has 2 aromatic carbocycles. The highest BCUT2D eigenvalue weighted by atomic mass is 15.3. The molecule has 2 heterocycles. The summed E-state index contributed by atoms with van der Waals surface area (Å²) in [5, 5.41) is 9.10. The van der Waals surface area contributed by atoms with Crippen LogP contribution in [-0.4, -0.2) is 19.7 Å². The molecule has 0 spiro atoms. The third-order valence-corrected chi connectivity index (χ3v) is 4.26. The quantitative estimate of drug-likeness (QED) is 0.616. The predicted molar refractivity (Wildman–Crippen MR) is 100 cm³/mol. The maximum absolute atomic E-state index is 4.61. The summed E-state index contributed by atoms with van der Waals surface area (Å²) in [6.45, 7) is 2.71. The summed E-state index contributed by atoms with van der Waals surface area (Å²) in [5.41, 5.74) is 5.37. The smallest absolute Gasteiger partial charge is 0.137 e. The van der Waals surface area contributed by atoms with Gasteiger partial charge in [-0.1, -0.05) is 42.5 Å². The minimum Gasteiger partial charge on any atom is -0.365 e. The van der Waals surface area contributed by atoms with E-state index >= 15 is 0 Å². The summed E-state index contributed by atoms with van der Waals surface area (Å²) in [7, 11) is 1.94. The number of nitrogens with zero attached hydrogens (tertiary/aromatic N) is 4. The Bertz CT molecular complexity index is 1020. The van der Waals surface area contributed by atoms with Crippen LogP contribution in [-0.2, 0) is 13.6 Å². The number of anilines is 1. The number of nitrogens with one attached hydrogen (secondary N) is 1. The van der Waals surface area contributed by atoms with E-state index in [0.29, 0.717) is 6.54 Å². The van der Waals surface area contributed by atoms with Crippen molar-refractivity contribution >= 4 is 16.7 Å². The first kappa shape index (κ1) is 15.3. The van der Waals surface area contributed by atoms with Gasteiger partial charge in [-0.25, -0.2) is 9.97 Å². The van der Waals surface area contributed by atoms with Gasteiger partial charge in [0.1, 0.15) is 12.1 Å². The molecule has 25 heavy (non-hydrogen) atoms. The molecule has 4 rings (SSSR count). The molecule has 5 heteroatoms. The summed E-state index contributed by atoms with van der Waals surface area (Å²) >= 11 is 0. The van der Waals surface area contributed by atoms with Gasteiger partial charge in [0.15, 0.2) is 0 Å². The second kappa shape index (κ2) is 6.36. The van der Waals surface area contributed by atoms with E-state index in [9.17, 15) is 0 Å². The Balaban J connectivity index is 1.66. The van der Waals surface area contributed by atoms with Crippen LogP contribution in [0.4, 0.5) is 5.82 Å². The van der Waals surface area contributed by atoms with E-state index < -0.39 is 0 Å². The van der Waals surface area contributed by atoms with Gasteiger partial charge in [0.2, 0.25) is 0 Å². The highest BCUT2D eigenvalue weighted by Crippen LogP contribution is 2.25. The van der Waals surface area contributed by atoms with Crippen LogP contribution in [0.25, 0.3) is 22.2 Å². The van der Waals surface area contributed by atoms with Crippen LogP contribution in [0, 0.1) is 6.92 Å². The second-order valence-corrected chi connectivity index (χ2v) is 6.09. The zero-order valence-corrected chi connectivity index (χ0v) is 14.3. The molecule has 0 aliphatic rings. The maximum Gasteiger partial charge on any atom is 0.137 e. The number of rotatable bonds is 4. The van der Waals surface area contributed by atoms with Gasteiger partial charge in [0.25, 0.3) is 0 Å². The number of fused-ring (bicyclic) bond motifs is 1. The normalized spacial score (nSPS) is 11.0. The Morgan fingerprint density at radius 2 is 1.84 bits per heavy atom. The molecule has 0 bridgehead atoms. The summed E-state index contributed by atoms with van der Waals surface area (Å²) in [6, 6.07) is 16.4. The number of hydrogen-bond acceptors (Lipinski definition) is 4. The summed E-state index contributed by atoms with van der Waals surface area (Å²) in [5.74, 6) is 0.844. The Morgan fingerprint density at radius 1 is 1.00 bits per heavy atom. The molecular formula is C20H19N5. The van der Waals surface area contributed by atoms with Gasteiger partial charge in [-0.05, 0) is 18.6 Å². The van der Waals surface area contributed by atoms with Crippen molar-refractivity contribution in [1.82, 2.24) is 19.7 Å². The average Bonchev–Trinajstić information content (AvgIpc) is 3.02. The lowest BCUT2D eigenvalue weighted by Gasteiger charge is -2.09. The van der Waals surface area contributed by atoms with Crippen molar-refractivity contribution in [3.8, 4) is 11.3 Å². The minimum absolute atomic E-state index is 0.651. The molecule has 5 nitrogen and oxygen atoms in total. The topological polar surface area (TPSA) is 55.6 Å². The Hall–Kier alpha value is -3.21. The summed E-state index contributed by atoms with van der Waals surface area (Å²) < 4.78 is 1.85. The number of aromatic nitrogens is 4. The van der Waals surface area contributed by atoms with Crippen molar-refractivity contribution < 1.29 is 0 Å². The number of para-hydroxylation sites is 1. The van der Waals surface area contributed by atoms with Crippen molar-refractivity contribution in [1.29, 1.82) is 0 Å². The molecule has 0 aliphatic carbocycles. The van der Waals surface area contributed by atoms with Crippen LogP contribution in [0.2, 0.25) is 0 Å². The standard InChI is InChI=1S/C20H19N5/c1-14-7-6-10-17-18(14)22-13-23-20(17)21-11-16-12-25(2)24-19(16)15-8-4-3-5-9-15/h3-10,12-13H,11H2,1-2H3,(H,21,22,23). The van der Waals surface area contributed by atoms with E-state index in [1.807, 2.05) is 48.3 Å². The van der Waals surface area contributed by atoms with Crippen molar-refractivity contribution in [3.63, 3.8) is 0 Å². The van der Waals surface area contributed by atoms with Crippen molar-refractivity contribution in [2.75, 3.05) is 5.32 Å². The molecule has 124 valence electrons. The first-order valence-corrected chi connectivity index (χ1v) is 8.24. The zero-order chi connectivity index (χ0) is 17.2. The number of benzene rings is 2. The summed E-state index contributed by atoms with van der Waals surface area (Å²) in [4.78, 5) is 8.82. The van der Waals surface area contributed by atoms with Crippen molar-refractivity contribution in [2.45, 2.75) is 13.5 Å². The first-order chi connectivity index (χ1) is 12.2. The average molecular weight is 329 g/mol. The van der Waals surface area contributed by atoms with Crippen LogP contribution in [0.3, 0.4) is 0 Å². The molecule has 0 amide bonds. The zero-order valence-electron chi connectivity index (χ0n) is 14.3. The van der Waals surface area contributed by atoms with E-state index in [2.05, 4.69) is 45.5 Å². The second-order valence-electron chi connectivity index (χ2n) is 6.09. The Kier molecular flexibility index (Phi) is 3.90. The van der Waals surface area contributed by atoms with Gasteiger partial charge in [0.05, 0.1) is 11.2 Å². The highest BCUT2D eigenvalue weighted by Gasteiger charge is 2.11. The van der Waals surface area contributed by atoms with Gasteiger partial charge in [0, 0.05) is 36.3 Å². The third-order valence-electron chi connectivity index (χ3n) is 4.26. The molecule has 0 radical (unpaired) electrons. The lowest BCUT2D eigenvalue weighted by Crippen LogP contribution is -2.03. The predicted octanol–water partition coefficient (Wildman–Crippen LogP) is 3.95. The van der Waals surface area contributed by atoms with E-state index in [4.69, 9.17) is 0 Å². The third kappa shape index (κ3) is 2.96. The lowest BCUT2D eigenvalue weighted by atomic mass is 10.1. The highest BCUT2D eigenvalue weighted by molar-refractivity contribution is 5.90. The molecule has 0 unspecified atom stereocenters. The molecule has 2 aromatic heterocycles. The van der Waals surface area contributed by atoms with Crippen LogP contribution in [0.15, 0.2) is 61.1 Å². The molecule has 0 saturated heterocycles. The van der Waals surface area contributed by atoms with Gasteiger partial charge in [-0.15, -0.1) is 0 Å². The van der Waals surface area contributed by atoms with Crippen molar-refractivity contribution in [3.05, 3.63) is 72.2 Å². The first-order valence-electron chi connectivity index (χ1n) is 8.24. The maximum atomic E-state index is 4.61. The van der Waals surface area contributed by atoms with Gasteiger partial charge in [-0.2, -0.15) is 5.10 Å². The monoisotopic (exact) mass is 329 g/mol. The molecule has 0 aliphatic heterocycles. The van der Waals surface area contributed by atoms with E-state index in [-0.39, 0.29) is 0 Å². The molecule has 0 atom stereocenters. The van der Waals surface area contributed by atoms with Crippen LogP contribution >= 0.6 is 0 Å². The number of hydrogen-bond donors (Lipinski definition) is 1. The van der Waals surface area contributed by atoms with Gasteiger partial charge in [-0.3, -0.25) is 4.68 Å². The van der Waals surface area contributed by atoms with Gasteiger partial charge >= 0.3 is 0 Å². The van der Waals surface area contributed by atoms with Gasteiger partial charge < -0.3 is 5.32 Å². The fraction of sp³-hybridized carbons (Fsp3) is 0.150. The summed E-state index contributed by atoms with van der Waals surface area (Å²) in [6.07, 6.45) is 3.66. The molecular weight excluding hydrogens is 310 g/mol. The van der Waals surface area contributed by atoms with Crippen LogP contribution < -0.4 is 5.32 Å². The van der Waals surface area contributed by atoms with E-state index in [1.54, 1.807) is 6.33 Å². The fourth-order valence-corrected chi connectivity index (χ4v) is 3.06. The van der Waals surface area contributed by atoms with Crippen LogP contribution in [0.1, 0.15) is 11.1 Å². The molecule has 4 aromatic rings. The van der Waals surface area contributed by atoms with Crippen LogP contribution in [0.5, 0.6) is 0 Å². The Morgan fingerprint density at radius 3 is 2.68 bits per heavy atom. The largest absolute Gasteiger partial charge is 0.365 e. The minimum atomic E-state index is 0.651. The molecule has 0 fully saturated rings. The van der Waals surface area contributed by atoms with Crippen molar-refractivity contribution in [2.24, 2.45) is 7.05 Å². The molecule has 1 N–H and O–H groups in total. The fourth-order valence-electron chi connectivity index (χ4n) is 3.06. The lowest BCUT2D eigenvalue weighted by molar-refractivity contribution is 0.770. The number of aryl methyl sites for hydroxylation is 2. The molecule has 0 saturated carbocycles. The SMILES string of the molecule is Cc1cccc2c(NCc3cn(C)nc3-c3ccccc3)ncnc12. The van der Waals surface area contributed by atoms with E-state index in [0.717, 1.165) is 39.1 Å².